The predicted octanol–water partition coefficient (Wildman–Crippen LogP) is 5.09. The quantitative estimate of drug-likeness (QED) is 0.338. The van der Waals surface area contributed by atoms with Crippen LogP contribution in [0.5, 0.6) is 0 Å². The molecule has 3 aromatic rings. The number of benzene rings is 1. The Kier molecular flexibility index (Phi) is 9.40. The van der Waals surface area contributed by atoms with E-state index >= 15 is 0 Å². The number of carbonyl (C=O) groups excluding carboxylic acids is 1. The lowest BCUT2D eigenvalue weighted by Crippen LogP contribution is -2.25. The minimum atomic E-state index is -4.69. The van der Waals surface area contributed by atoms with Crippen LogP contribution in [0.4, 0.5) is 23.2 Å². The van der Waals surface area contributed by atoms with Gasteiger partial charge >= 0.3 is 6.18 Å². The molecule has 2 aromatic heterocycles. The van der Waals surface area contributed by atoms with Crippen molar-refractivity contribution in [3.8, 4) is 0 Å². The minimum Gasteiger partial charge on any atom is -0.356 e. The van der Waals surface area contributed by atoms with Crippen molar-refractivity contribution < 1.29 is 22.4 Å². The number of allylic oxidation sites excluding steroid dienone is 1. The van der Waals surface area contributed by atoms with Gasteiger partial charge in [-0.1, -0.05) is 24.8 Å². The van der Waals surface area contributed by atoms with Gasteiger partial charge in [0.1, 0.15) is 6.33 Å². The molecular weight excluding hydrogens is 500 g/mol. The third-order valence-electron chi connectivity index (χ3n) is 5.59. The molecule has 2 heterocycles. The highest BCUT2D eigenvalue weighted by Crippen LogP contribution is 2.37. The molecule has 3 rings (SSSR count). The van der Waals surface area contributed by atoms with Crippen LogP contribution in [0.3, 0.4) is 0 Å². The van der Waals surface area contributed by atoms with Crippen molar-refractivity contribution in [2.24, 2.45) is 7.05 Å². The number of nitrogens with zero attached hydrogens (tertiary/aromatic N) is 4. The van der Waals surface area contributed by atoms with Crippen LogP contribution in [0, 0.1) is 0 Å². The van der Waals surface area contributed by atoms with Crippen molar-refractivity contribution in [3.63, 3.8) is 0 Å². The fourth-order valence-corrected chi connectivity index (χ4v) is 3.65. The number of aromatic nitrogens is 3. The van der Waals surface area contributed by atoms with Gasteiger partial charge in [-0.2, -0.15) is 18.3 Å². The van der Waals surface area contributed by atoms with Crippen LogP contribution in [-0.4, -0.2) is 58.9 Å². The van der Waals surface area contributed by atoms with Crippen molar-refractivity contribution in [3.05, 3.63) is 78.3 Å². The lowest BCUT2D eigenvalue weighted by molar-refractivity contribution is -0.120. The van der Waals surface area contributed by atoms with Gasteiger partial charge in [-0.3, -0.25) is 9.48 Å². The number of amides is 1. The number of fused-ring (bicyclic) bond motifs is 1. The minimum absolute atomic E-state index is 0.103. The molecule has 0 unspecified atom stereocenters. The van der Waals surface area contributed by atoms with E-state index in [2.05, 4.69) is 27.3 Å². The number of carbonyl (C=O) groups is 1. The van der Waals surface area contributed by atoms with Gasteiger partial charge in [-0.05, 0) is 38.4 Å². The summed E-state index contributed by atoms with van der Waals surface area (Å²) in [4.78, 5) is 18.2. The Balaban J connectivity index is 1.88. The van der Waals surface area contributed by atoms with Crippen LogP contribution in [0.2, 0.25) is 0 Å². The van der Waals surface area contributed by atoms with E-state index in [1.54, 1.807) is 48.3 Å². The van der Waals surface area contributed by atoms with Gasteiger partial charge in [0.25, 0.3) is 0 Å². The zero-order valence-corrected chi connectivity index (χ0v) is 21.4. The third-order valence-corrected chi connectivity index (χ3v) is 5.59. The molecule has 0 saturated heterocycles. The SMILES string of the molecule is C=C(c1nc(/C=C/CNC(=O)Cc2ccn(C)n2)cc2c(N/C(=C\F)CCN(C)C)cccc12)C(F)(F)F. The molecule has 1 aromatic carbocycles. The average Bonchev–Trinajstić information content (AvgIpc) is 3.27. The monoisotopic (exact) mass is 530 g/mol. The average molecular weight is 531 g/mol. The number of hydrogen-bond donors (Lipinski definition) is 2. The lowest BCUT2D eigenvalue weighted by Gasteiger charge is -2.17. The van der Waals surface area contributed by atoms with Crippen LogP contribution in [0.25, 0.3) is 22.4 Å². The fourth-order valence-electron chi connectivity index (χ4n) is 3.65. The van der Waals surface area contributed by atoms with E-state index in [0.717, 1.165) is 0 Å². The Bertz CT molecular complexity index is 1360. The molecule has 0 atom stereocenters. The summed E-state index contributed by atoms with van der Waals surface area (Å²) in [7, 11) is 5.46. The van der Waals surface area contributed by atoms with Gasteiger partial charge in [-0.25, -0.2) is 9.37 Å². The summed E-state index contributed by atoms with van der Waals surface area (Å²) in [5, 5.41) is 10.5. The second-order valence-electron chi connectivity index (χ2n) is 8.95. The Hall–Kier alpha value is -3.99. The maximum absolute atomic E-state index is 13.6. The van der Waals surface area contributed by atoms with Gasteiger partial charge < -0.3 is 15.5 Å². The standard InChI is InChI=1S/C27H30F4N6O/c1-18(27(29,30)31)26-22-8-5-9-24(33-21(17-28)10-13-36(2)3)23(22)15-19(34-26)7-6-12-32-25(38)16-20-11-14-37(4)35-20/h5-9,11,14-15,17,33H,1,10,12-13,16H2,2-4H3,(H,32,38)/b7-6+,21-17-. The summed E-state index contributed by atoms with van der Waals surface area (Å²) in [6.45, 7) is 3.94. The van der Waals surface area contributed by atoms with Crippen LogP contribution >= 0.6 is 0 Å². The highest BCUT2D eigenvalue weighted by Gasteiger charge is 2.35. The number of rotatable bonds is 11. The maximum Gasteiger partial charge on any atom is 0.417 e. The summed E-state index contributed by atoms with van der Waals surface area (Å²) < 4.78 is 56.0. The molecule has 1 amide bonds. The first-order valence-electron chi connectivity index (χ1n) is 11.8. The molecule has 2 N–H and O–H groups in total. The lowest BCUT2D eigenvalue weighted by atomic mass is 10.0. The van der Waals surface area contributed by atoms with Crippen molar-refractivity contribution in [1.82, 2.24) is 25.0 Å². The normalized spacial score (nSPS) is 12.5. The maximum atomic E-state index is 13.6. The summed E-state index contributed by atoms with van der Waals surface area (Å²) in [5.41, 5.74) is 0.149. The molecule has 38 heavy (non-hydrogen) atoms. The number of aryl methyl sites for hydroxylation is 1. The highest BCUT2D eigenvalue weighted by molar-refractivity contribution is 6.01. The van der Waals surface area contributed by atoms with Crippen LogP contribution in [0.15, 0.2) is 61.2 Å². The molecule has 0 radical (unpaired) electrons. The third kappa shape index (κ3) is 7.75. The van der Waals surface area contributed by atoms with E-state index in [4.69, 9.17) is 0 Å². The van der Waals surface area contributed by atoms with Crippen molar-refractivity contribution in [1.29, 1.82) is 0 Å². The molecule has 11 heteroatoms. The Morgan fingerprint density at radius 1 is 1.21 bits per heavy atom. The topological polar surface area (TPSA) is 75.1 Å². The Morgan fingerprint density at radius 3 is 2.61 bits per heavy atom. The molecular formula is C27H30F4N6O. The smallest absolute Gasteiger partial charge is 0.356 e. The van der Waals surface area contributed by atoms with Gasteiger partial charge in [0.15, 0.2) is 0 Å². The van der Waals surface area contributed by atoms with E-state index in [9.17, 15) is 22.4 Å². The van der Waals surface area contributed by atoms with Gasteiger partial charge in [-0.15, -0.1) is 0 Å². The Labute approximate surface area is 218 Å². The largest absolute Gasteiger partial charge is 0.417 e. The summed E-state index contributed by atoms with van der Waals surface area (Å²) in [5.74, 6) is -0.249. The van der Waals surface area contributed by atoms with Crippen LogP contribution in [-0.2, 0) is 18.3 Å². The summed E-state index contributed by atoms with van der Waals surface area (Å²) >= 11 is 0. The first kappa shape index (κ1) is 28.6. The van der Waals surface area contributed by atoms with Gasteiger partial charge in [0.2, 0.25) is 5.91 Å². The van der Waals surface area contributed by atoms with E-state index in [1.165, 1.54) is 12.1 Å². The summed E-state index contributed by atoms with van der Waals surface area (Å²) in [6, 6.07) is 8.10. The van der Waals surface area contributed by atoms with Gasteiger partial charge in [0, 0.05) is 54.9 Å². The molecule has 0 aliphatic carbocycles. The molecule has 0 aliphatic heterocycles. The van der Waals surface area contributed by atoms with E-state index in [1.807, 2.05) is 19.0 Å². The van der Waals surface area contributed by atoms with E-state index in [-0.39, 0.29) is 41.3 Å². The number of halogens is 4. The molecule has 0 bridgehead atoms. The number of anilines is 1. The van der Waals surface area contributed by atoms with E-state index < -0.39 is 11.7 Å². The van der Waals surface area contributed by atoms with E-state index in [0.29, 0.717) is 36.1 Å². The highest BCUT2D eigenvalue weighted by atomic mass is 19.4. The molecule has 0 spiro atoms. The summed E-state index contributed by atoms with van der Waals surface area (Å²) in [6.07, 6.45) is 1.07. The molecule has 7 nitrogen and oxygen atoms in total. The van der Waals surface area contributed by atoms with Crippen molar-refractivity contribution in [2.45, 2.75) is 19.0 Å². The first-order valence-corrected chi connectivity index (χ1v) is 11.8. The fraction of sp³-hybridized carbons (Fsp3) is 0.296. The second kappa shape index (κ2) is 12.5. The van der Waals surface area contributed by atoms with Gasteiger partial charge in [0.05, 0.1) is 29.1 Å². The van der Waals surface area contributed by atoms with Crippen molar-refractivity contribution >= 4 is 34.0 Å². The Morgan fingerprint density at radius 2 is 1.97 bits per heavy atom. The molecule has 0 aliphatic rings. The molecule has 0 fully saturated rings. The van der Waals surface area contributed by atoms with Crippen molar-refractivity contribution in [2.75, 3.05) is 32.5 Å². The second-order valence-corrected chi connectivity index (χ2v) is 8.95. The number of pyridine rings is 1. The number of nitrogens with one attached hydrogen (secondary N) is 2. The molecule has 0 saturated carbocycles. The zero-order chi connectivity index (χ0) is 27.9. The first-order chi connectivity index (χ1) is 18.0. The predicted molar refractivity (Wildman–Crippen MR) is 142 cm³/mol. The number of hydrogen-bond acceptors (Lipinski definition) is 5. The zero-order valence-electron chi connectivity index (χ0n) is 21.4. The van der Waals surface area contributed by atoms with Crippen LogP contribution < -0.4 is 10.6 Å². The number of alkyl halides is 3. The van der Waals surface area contributed by atoms with Crippen LogP contribution in [0.1, 0.15) is 23.5 Å². The molecule has 202 valence electrons.